The molecule has 0 radical (unpaired) electrons. The highest BCUT2D eigenvalue weighted by Crippen LogP contribution is 2.08. The van der Waals surface area contributed by atoms with Crippen molar-refractivity contribution in [2.24, 2.45) is 0 Å². The Hall–Kier alpha value is -0.970. The maximum Gasteiger partial charge on any atom is 0.0765 e. The summed E-state index contributed by atoms with van der Waals surface area (Å²) >= 11 is 0. The smallest absolute Gasteiger partial charge is 0.0765 e. The zero-order valence-corrected chi connectivity index (χ0v) is 10.9. The molecule has 0 aliphatic rings. The van der Waals surface area contributed by atoms with Gasteiger partial charge in [0.1, 0.15) is 0 Å². The zero-order valence-electron chi connectivity index (χ0n) is 10.9. The summed E-state index contributed by atoms with van der Waals surface area (Å²) in [6.07, 6.45) is 2.47. The van der Waals surface area contributed by atoms with Crippen molar-refractivity contribution in [2.75, 3.05) is 20.3 Å². The van der Waals surface area contributed by atoms with Crippen molar-refractivity contribution in [3.05, 3.63) is 29.6 Å². The third-order valence-electron chi connectivity index (χ3n) is 2.63. The summed E-state index contributed by atoms with van der Waals surface area (Å²) in [5, 5.41) is 13.2. The third-order valence-corrected chi connectivity index (χ3v) is 2.63. The average Bonchev–Trinajstić information content (AvgIpc) is 2.29. The lowest BCUT2D eigenvalue weighted by Crippen LogP contribution is -2.38. The summed E-state index contributed by atoms with van der Waals surface area (Å²) in [5.74, 6) is 0. The molecule has 0 spiro atoms. The molecular weight excluding hydrogens is 216 g/mol. The lowest BCUT2D eigenvalue weighted by molar-refractivity contribution is 0.0247. The van der Waals surface area contributed by atoms with Crippen molar-refractivity contribution in [2.45, 2.75) is 32.4 Å². The molecule has 1 unspecified atom stereocenters. The second-order valence-corrected chi connectivity index (χ2v) is 4.67. The first-order valence-corrected chi connectivity index (χ1v) is 5.87. The molecule has 4 nitrogen and oxygen atoms in total. The predicted octanol–water partition coefficient (Wildman–Crippen LogP) is 1.27. The highest BCUT2D eigenvalue weighted by molar-refractivity contribution is 5.11. The topological polar surface area (TPSA) is 54.4 Å². The monoisotopic (exact) mass is 238 g/mol. The number of nitrogens with one attached hydrogen (secondary N) is 1. The number of aliphatic hydroxyl groups is 1. The van der Waals surface area contributed by atoms with Gasteiger partial charge in [-0.3, -0.25) is 4.98 Å². The van der Waals surface area contributed by atoms with Crippen molar-refractivity contribution in [1.82, 2.24) is 10.3 Å². The van der Waals surface area contributed by atoms with Crippen LogP contribution in [0.2, 0.25) is 0 Å². The van der Waals surface area contributed by atoms with Gasteiger partial charge in [0, 0.05) is 39.4 Å². The van der Waals surface area contributed by atoms with Gasteiger partial charge in [0.15, 0.2) is 0 Å². The molecule has 1 heterocycles. The first kappa shape index (κ1) is 14.1. The van der Waals surface area contributed by atoms with E-state index in [1.165, 1.54) is 0 Å². The van der Waals surface area contributed by atoms with Crippen LogP contribution in [0.15, 0.2) is 18.3 Å². The Bertz CT molecular complexity index is 323. The molecule has 17 heavy (non-hydrogen) atoms. The van der Waals surface area contributed by atoms with Crippen LogP contribution in [0, 0.1) is 6.92 Å². The highest BCUT2D eigenvalue weighted by Gasteiger charge is 2.19. The van der Waals surface area contributed by atoms with E-state index in [0.717, 1.165) is 11.3 Å². The van der Waals surface area contributed by atoms with Gasteiger partial charge < -0.3 is 15.2 Å². The van der Waals surface area contributed by atoms with Crippen LogP contribution >= 0.6 is 0 Å². The molecule has 0 aliphatic carbocycles. The molecule has 0 amide bonds. The fraction of sp³-hybridized carbons (Fsp3) is 0.615. The van der Waals surface area contributed by atoms with E-state index in [1.54, 1.807) is 7.11 Å². The van der Waals surface area contributed by atoms with Crippen molar-refractivity contribution in [3.8, 4) is 0 Å². The van der Waals surface area contributed by atoms with Crippen molar-refractivity contribution in [3.63, 3.8) is 0 Å². The van der Waals surface area contributed by atoms with E-state index in [4.69, 9.17) is 4.74 Å². The van der Waals surface area contributed by atoms with E-state index < -0.39 is 5.60 Å². The first-order chi connectivity index (χ1) is 8.03. The molecule has 96 valence electrons. The van der Waals surface area contributed by atoms with E-state index >= 15 is 0 Å². The first-order valence-electron chi connectivity index (χ1n) is 5.87. The highest BCUT2D eigenvalue weighted by atomic mass is 16.5. The Morgan fingerprint density at radius 1 is 1.47 bits per heavy atom. The van der Waals surface area contributed by atoms with E-state index in [-0.39, 0.29) is 0 Å². The summed E-state index contributed by atoms with van der Waals surface area (Å²) in [4.78, 5) is 4.29. The lowest BCUT2D eigenvalue weighted by atomic mass is 10.0. The fourth-order valence-electron chi connectivity index (χ4n) is 1.47. The second kappa shape index (κ2) is 6.69. The molecule has 4 heteroatoms. The Morgan fingerprint density at radius 2 is 2.24 bits per heavy atom. The van der Waals surface area contributed by atoms with Gasteiger partial charge in [0.25, 0.3) is 0 Å². The maximum absolute atomic E-state index is 10.0. The quantitative estimate of drug-likeness (QED) is 0.751. The largest absolute Gasteiger partial charge is 0.389 e. The van der Waals surface area contributed by atoms with Crippen LogP contribution in [0.3, 0.4) is 0 Å². The summed E-state index contributed by atoms with van der Waals surface area (Å²) in [5.41, 5.74) is 1.40. The van der Waals surface area contributed by atoms with E-state index in [2.05, 4.69) is 10.3 Å². The minimum absolute atomic E-state index is 0.534. The number of methoxy groups -OCH3 is 1. The van der Waals surface area contributed by atoms with Gasteiger partial charge in [0.05, 0.1) is 11.3 Å². The van der Waals surface area contributed by atoms with Crippen LogP contribution in [0.25, 0.3) is 0 Å². The molecule has 0 saturated carbocycles. The molecule has 0 aliphatic heterocycles. The van der Waals surface area contributed by atoms with E-state index in [9.17, 15) is 5.11 Å². The van der Waals surface area contributed by atoms with Gasteiger partial charge in [-0.05, 0) is 25.5 Å². The molecule has 0 saturated heterocycles. The molecule has 1 aromatic rings. The normalized spacial score (nSPS) is 14.6. The molecule has 0 fully saturated rings. The third kappa shape index (κ3) is 5.77. The number of nitrogens with zero attached hydrogens (tertiary/aromatic N) is 1. The van der Waals surface area contributed by atoms with Gasteiger partial charge in [-0.15, -0.1) is 0 Å². The summed E-state index contributed by atoms with van der Waals surface area (Å²) in [6, 6.07) is 4.03. The molecular formula is C13H22N2O2. The van der Waals surface area contributed by atoms with E-state index in [1.807, 2.05) is 32.2 Å². The standard InChI is InChI=1S/C13H22N2O2/c1-11-4-5-12(15-8-11)9-14-10-13(2,16)6-7-17-3/h4-5,8,14,16H,6-7,9-10H2,1-3H3. The van der Waals surface area contributed by atoms with Crippen molar-refractivity contribution >= 4 is 0 Å². The number of hydrogen-bond donors (Lipinski definition) is 2. The van der Waals surface area contributed by atoms with Crippen molar-refractivity contribution in [1.29, 1.82) is 0 Å². The van der Waals surface area contributed by atoms with Gasteiger partial charge in [0.2, 0.25) is 0 Å². The Morgan fingerprint density at radius 3 is 2.82 bits per heavy atom. The number of ether oxygens (including phenoxy) is 1. The average molecular weight is 238 g/mol. The van der Waals surface area contributed by atoms with Crippen LogP contribution in [0.4, 0.5) is 0 Å². The number of aromatic nitrogens is 1. The summed E-state index contributed by atoms with van der Waals surface area (Å²) < 4.78 is 4.96. The van der Waals surface area contributed by atoms with Gasteiger partial charge in [-0.25, -0.2) is 0 Å². The molecule has 1 aromatic heterocycles. The second-order valence-electron chi connectivity index (χ2n) is 4.67. The van der Waals surface area contributed by atoms with E-state index in [0.29, 0.717) is 26.1 Å². The van der Waals surface area contributed by atoms with Crippen LogP contribution in [0.1, 0.15) is 24.6 Å². The summed E-state index contributed by atoms with van der Waals surface area (Å²) in [7, 11) is 1.64. The minimum atomic E-state index is -0.735. The molecule has 2 N–H and O–H groups in total. The molecule has 0 bridgehead atoms. The van der Waals surface area contributed by atoms with Crippen LogP contribution in [-0.4, -0.2) is 36.0 Å². The maximum atomic E-state index is 10.0. The number of aryl methyl sites for hydroxylation is 1. The lowest BCUT2D eigenvalue weighted by Gasteiger charge is -2.23. The molecule has 1 rings (SSSR count). The predicted molar refractivity (Wildman–Crippen MR) is 67.8 cm³/mol. The van der Waals surface area contributed by atoms with Crippen LogP contribution in [-0.2, 0) is 11.3 Å². The Balaban J connectivity index is 2.29. The molecule has 1 atom stereocenters. The number of pyridine rings is 1. The van der Waals surface area contributed by atoms with Gasteiger partial charge in [-0.2, -0.15) is 0 Å². The van der Waals surface area contributed by atoms with Crippen LogP contribution < -0.4 is 5.32 Å². The summed E-state index contributed by atoms with van der Waals surface area (Å²) in [6.45, 7) is 5.59. The zero-order chi connectivity index (χ0) is 12.7. The van der Waals surface area contributed by atoms with Gasteiger partial charge in [-0.1, -0.05) is 6.07 Å². The van der Waals surface area contributed by atoms with Crippen LogP contribution in [0.5, 0.6) is 0 Å². The SMILES string of the molecule is COCCC(C)(O)CNCc1ccc(C)cn1. The number of rotatable bonds is 7. The fourth-order valence-corrected chi connectivity index (χ4v) is 1.47. The Kier molecular flexibility index (Phi) is 5.55. The minimum Gasteiger partial charge on any atom is -0.389 e. The number of hydrogen-bond acceptors (Lipinski definition) is 4. The molecule has 0 aromatic carbocycles. The Labute approximate surface area is 103 Å². The van der Waals surface area contributed by atoms with Crippen molar-refractivity contribution < 1.29 is 9.84 Å². The van der Waals surface area contributed by atoms with Gasteiger partial charge >= 0.3 is 0 Å².